The summed E-state index contributed by atoms with van der Waals surface area (Å²) in [6.45, 7) is 1.80. The van der Waals surface area contributed by atoms with Gasteiger partial charge in [0.2, 0.25) is 0 Å². The van der Waals surface area contributed by atoms with Gasteiger partial charge in [-0.05, 0) is 37.0 Å². The first-order chi connectivity index (χ1) is 9.61. The molecule has 0 aromatic heterocycles. The van der Waals surface area contributed by atoms with E-state index in [1.54, 1.807) is 0 Å². The Morgan fingerprint density at radius 2 is 2.30 bits per heavy atom. The van der Waals surface area contributed by atoms with E-state index in [2.05, 4.69) is 24.1 Å². The smallest absolute Gasteiger partial charge is 0.252 e. The van der Waals surface area contributed by atoms with Crippen molar-refractivity contribution in [3.05, 3.63) is 35.1 Å². The van der Waals surface area contributed by atoms with Crippen LogP contribution in [0, 0.1) is 23.6 Å². The summed E-state index contributed by atoms with van der Waals surface area (Å²) in [5.41, 5.74) is 0.661. The van der Waals surface area contributed by atoms with Gasteiger partial charge in [-0.25, -0.2) is 4.39 Å². The molecule has 0 aliphatic heterocycles. The molecule has 0 radical (unpaired) electrons. The number of halogens is 1. The highest BCUT2D eigenvalue weighted by atomic mass is 19.1. The zero-order chi connectivity index (χ0) is 14.5. The molecular weight excluding hydrogens is 257 g/mol. The van der Waals surface area contributed by atoms with Crippen LogP contribution in [0.2, 0.25) is 0 Å². The maximum absolute atomic E-state index is 13.2. The first kappa shape index (κ1) is 14.5. The van der Waals surface area contributed by atoms with Gasteiger partial charge < -0.3 is 10.4 Å². The molecule has 106 valence electrons. The summed E-state index contributed by atoms with van der Waals surface area (Å²) in [4.78, 5) is 12.3. The van der Waals surface area contributed by atoms with Gasteiger partial charge in [-0.15, -0.1) is 0 Å². The van der Waals surface area contributed by atoms with Crippen LogP contribution in [-0.4, -0.2) is 23.7 Å². The Labute approximate surface area is 118 Å². The van der Waals surface area contributed by atoms with Crippen molar-refractivity contribution in [2.45, 2.75) is 32.2 Å². The molecule has 2 N–H and O–H groups in total. The number of hydrogen-bond donors (Lipinski definition) is 2. The number of aliphatic hydroxyl groups excluding tert-OH is 1. The van der Waals surface area contributed by atoms with Crippen molar-refractivity contribution in [2.75, 3.05) is 6.61 Å². The van der Waals surface area contributed by atoms with Crippen LogP contribution in [0.5, 0.6) is 0 Å². The molecule has 0 saturated heterocycles. The molecule has 1 aliphatic rings. The molecule has 1 amide bonds. The highest BCUT2D eigenvalue weighted by molar-refractivity contribution is 5.97. The number of carbonyl (C=O) groups excluding carboxylic acids is 1. The SMILES string of the molecule is CC1CCCC1NC(=O)c1ccc(F)cc1C#CCO. The van der Waals surface area contributed by atoms with E-state index in [-0.39, 0.29) is 18.6 Å². The summed E-state index contributed by atoms with van der Waals surface area (Å²) in [5, 5.41) is 11.7. The van der Waals surface area contributed by atoms with Crippen molar-refractivity contribution in [2.24, 2.45) is 5.92 Å². The molecule has 1 fully saturated rings. The summed E-state index contributed by atoms with van der Waals surface area (Å²) < 4.78 is 13.2. The average molecular weight is 275 g/mol. The van der Waals surface area contributed by atoms with Gasteiger partial charge in [0.1, 0.15) is 12.4 Å². The number of rotatable bonds is 2. The fourth-order valence-electron chi connectivity index (χ4n) is 2.56. The Kier molecular flexibility index (Phi) is 4.75. The Balaban J connectivity index is 2.20. The Hall–Kier alpha value is -1.86. The molecule has 1 aliphatic carbocycles. The molecule has 1 aromatic rings. The van der Waals surface area contributed by atoms with Crippen molar-refractivity contribution < 1.29 is 14.3 Å². The Morgan fingerprint density at radius 3 is 2.95 bits per heavy atom. The molecule has 4 heteroatoms. The number of aliphatic hydroxyl groups is 1. The summed E-state index contributed by atoms with van der Waals surface area (Å²) in [5.74, 6) is 4.86. The highest BCUT2D eigenvalue weighted by Gasteiger charge is 2.25. The van der Waals surface area contributed by atoms with Crippen LogP contribution >= 0.6 is 0 Å². The minimum atomic E-state index is -0.446. The minimum Gasteiger partial charge on any atom is -0.384 e. The van der Waals surface area contributed by atoms with Gasteiger partial charge >= 0.3 is 0 Å². The molecule has 2 rings (SSSR count). The third kappa shape index (κ3) is 3.37. The lowest BCUT2D eigenvalue weighted by Gasteiger charge is -2.17. The molecule has 0 spiro atoms. The minimum absolute atomic E-state index is 0.172. The lowest BCUT2D eigenvalue weighted by atomic mass is 10.0. The molecule has 0 bridgehead atoms. The predicted molar refractivity (Wildman–Crippen MR) is 74.6 cm³/mol. The Bertz CT molecular complexity index is 559. The maximum Gasteiger partial charge on any atom is 0.252 e. The van der Waals surface area contributed by atoms with E-state index in [9.17, 15) is 9.18 Å². The van der Waals surface area contributed by atoms with Gasteiger partial charge in [0, 0.05) is 11.6 Å². The number of carbonyl (C=O) groups is 1. The van der Waals surface area contributed by atoms with Crippen molar-refractivity contribution in [1.82, 2.24) is 5.32 Å². The van der Waals surface area contributed by atoms with E-state index in [0.29, 0.717) is 17.0 Å². The van der Waals surface area contributed by atoms with Gasteiger partial charge in [0.15, 0.2) is 0 Å². The molecule has 2 atom stereocenters. The van der Waals surface area contributed by atoms with E-state index in [4.69, 9.17) is 5.11 Å². The van der Waals surface area contributed by atoms with E-state index < -0.39 is 5.82 Å². The average Bonchev–Trinajstić information content (AvgIpc) is 2.82. The third-order valence-corrected chi connectivity index (χ3v) is 3.71. The van der Waals surface area contributed by atoms with E-state index in [1.807, 2.05) is 0 Å². The van der Waals surface area contributed by atoms with Gasteiger partial charge in [-0.2, -0.15) is 0 Å². The first-order valence-electron chi connectivity index (χ1n) is 6.82. The fourth-order valence-corrected chi connectivity index (χ4v) is 2.56. The van der Waals surface area contributed by atoms with Crippen molar-refractivity contribution >= 4 is 5.91 Å². The molecule has 1 saturated carbocycles. The standard InChI is InChI=1S/C16H18FNO2/c1-11-4-2-6-15(11)18-16(20)14-8-7-13(17)10-12(14)5-3-9-19/h7-8,10-11,15,19H,2,4,6,9H2,1H3,(H,18,20). The molecule has 2 unspecified atom stereocenters. The summed E-state index contributed by atoms with van der Waals surface area (Å²) in [7, 11) is 0. The monoisotopic (exact) mass is 275 g/mol. The van der Waals surface area contributed by atoms with Crippen molar-refractivity contribution in [1.29, 1.82) is 0 Å². The van der Waals surface area contributed by atoms with Crippen LogP contribution in [0.3, 0.4) is 0 Å². The number of nitrogens with one attached hydrogen (secondary N) is 1. The summed E-state index contributed by atoms with van der Waals surface area (Å²) >= 11 is 0. The fraction of sp³-hybridized carbons (Fsp3) is 0.438. The van der Waals surface area contributed by atoms with Crippen LogP contribution in [0.4, 0.5) is 4.39 Å². The van der Waals surface area contributed by atoms with E-state index in [0.717, 1.165) is 19.3 Å². The van der Waals surface area contributed by atoms with Crippen LogP contribution in [-0.2, 0) is 0 Å². The maximum atomic E-state index is 13.2. The number of hydrogen-bond acceptors (Lipinski definition) is 2. The lowest BCUT2D eigenvalue weighted by Crippen LogP contribution is -2.36. The number of benzene rings is 1. The van der Waals surface area contributed by atoms with Gasteiger partial charge in [0.05, 0.1) is 5.56 Å². The second kappa shape index (κ2) is 6.53. The molecule has 1 aromatic carbocycles. The van der Waals surface area contributed by atoms with Crippen molar-refractivity contribution in [3.63, 3.8) is 0 Å². The molecule has 0 heterocycles. The number of amides is 1. The topological polar surface area (TPSA) is 49.3 Å². The van der Waals surface area contributed by atoms with Gasteiger partial charge in [0.25, 0.3) is 5.91 Å². The van der Waals surface area contributed by atoms with E-state index in [1.165, 1.54) is 18.2 Å². The highest BCUT2D eigenvalue weighted by Crippen LogP contribution is 2.25. The first-order valence-corrected chi connectivity index (χ1v) is 6.82. The van der Waals surface area contributed by atoms with Crippen LogP contribution in [0.1, 0.15) is 42.1 Å². The normalized spacial score (nSPS) is 21.1. The third-order valence-electron chi connectivity index (χ3n) is 3.71. The predicted octanol–water partition coefficient (Wildman–Crippen LogP) is 2.09. The quantitative estimate of drug-likeness (QED) is 0.812. The van der Waals surface area contributed by atoms with Crippen LogP contribution in [0.15, 0.2) is 18.2 Å². The Morgan fingerprint density at radius 1 is 1.50 bits per heavy atom. The summed E-state index contributed by atoms with van der Waals surface area (Å²) in [6.07, 6.45) is 3.21. The van der Waals surface area contributed by atoms with Gasteiger partial charge in [-0.3, -0.25) is 4.79 Å². The largest absolute Gasteiger partial charge is 0.384 e. The molecular formula is C16H18FNO2. The zero-order valence-electron chi connectivity index (χ0n) is 11.4. The van der Waals surface area contributed by atoms with Gasteiger partial charge in [-0.1, -0.05) is 25.2 Å². The van der Waals surface area contributed by atoms with Crippen LogP contribution < -0.4 is 5.32 Å². The van der Waals surface area contributed by atoms with E-state index >= 15 is 0 Å². The summed E-state index contributed by atoms with van der Waals surface area (Å²) in [6, 6.07) is 4.07. The molecule has 20 heavy (non-hydrogen) atoms. The molecule has 3 nitrogen and oxygen atoms in total. The second-order valence-corrected chi connectivity index (χ2v) is 5.14. The van der Waals surface area contributed by atoms with Crippen LogP contribution in [0.25, 0.3) is 0 Å². The lowest BCUT2D eigenvalue weighted by molar-refractivity contribution is 0.0929. The zero-order valence-corrected chi connectivity index (χ0v) is 11.4. The van der Waals surface area contributed by atoms with Crippen molar-refractivity contribution in [3.8, 4) is 11.8 Å². The second-order valence-electron chi connectivity index (χ2n) is 5.14.